The Bertz CT molecular complexity index is 1060. The van der Waals surface area contributed by atoms with Crippen molar-refractivity contribution in [3.8, 4) is 11.4 Å². The van der Waals surface area contributed by atoms with Crippen LogP contribution in [-0.4, -0.2) is 26.0 Å². The van der Waals surface area contributed by atoms with Crippen LogP contribution in [0.1, 0.15) is 57.1 Å². The van der Waals surface area contributed by atoms with Gasteiger partial charge in [0, 0.05) is 40.9 Å². The number of hydrogen-bond donors (Lipinski definition) is 2. The second kappa shape index (κ2) is 6.51. The van der Waals surface area contributed by atoms with Crippen LogP contribution in [0, 0.1) is 23.6 Å². The first-order chi connectivity index (χ1) is 14.2. The van der Waals surface area contributed by atoms with E-state index in [0.717, 1.165) is 34.3 Å². The summed E-state index contributed by atoms with van der Waals surface area (Å²) in [5.41, 5.74) is 2.58. The maximum absolute atomic E-state index is 13.8. The number of hydrogen-bond acceptors (Lipinski definition) is 4. The predicted octanol–water partition coefficient (Wildman–Crippen LogP) is 5.27. The van der Waals surface area contributed by atoms with Gasteiger partial charge in [0.15, 0.2) is 5.82 Å². The van der Waals surface area contributed by atoms with Gasteiger partial charge in [0.05, 0.1) is 6.20 Å². The molecule has 7 rings (SSSR count). The molecule has 0 saturated heterocycles. The summed E-state index contributed by atoms with van der Waals surface area (Å²) in [7, 11) is 0. The van der Waals surface area contributed by atoms with Gasteiger partial charge in [-0.2, -0.15) is 0 Å². The SMILES string of the molecule is CC1C2CCC(CC2)C1Nc1cc(C2CC2)nc(-c2c[nH]c3ncc(F)cc23)n1. The summed E-state index contributed by atoms with van der Waals surface area (Å²) in [5.74, 6) is 4.01. The van der Waals surface area contributed by atoms with Gasteiger partial charge in [-0.3, -0.25) is 0 Å². The fourth-order valence-electron chi connectivity index (χ4n) is 5.58. The minimum Gasteiger partial charge on any atom is -0.367 e. The Morgan fingerprint density at radius 1 is 1.03 bits per heavy atom. The van der Waals surface area contributed by atoms with Crippen molar-refractivity contribution in [1.29, 1.82) is 0 Å². The number of aromatic nitrogens is 4. The van der Waals surface area contributed by atoms with Gasteiger partial charge >= 0.3 is 0 Å². The normalized spacial score (nSPS) is 28.8. The van der Waals surface area contributed by atoms with Crippen LogP contribution in [0.2, 0.25) is 0 Å². The number of halogens is 1. The first-order valence-electron chi connectivity index (χ1n) is 10.9. The van der Waals surface area contributed by atoms with E-state index in [4.69, 9.17) is 9.97 Å². The molecule has 3 heterocycles. The number of H-pyrrole nitrogens is 1. The molecular weight excluding hydrogens is 365 g/mol. The van der Waals surface area contributed by atoms with E-state index in [9.17, 15) is 4.39 Å². The lowest BCUT2D eigenvalue weighted by atomic mass is 9.62. The number of anilines is 1. The Hall–Kier alpha value is -2.50. The van der Waals surface area contributed by atoms with Gasteiger partial charge in [-0.1, -0.05) is 6.92 Å². The van der Waals surface area contributed by atoms with Crippen molar-refractivity contribution in [3.05, 3.63) is 36.0 Å². The summed E-state index contributed by atoms with van der Waals surface area (Å²) in [4.78, 5) is 17.0. The third-order valence-corrected chi connectivity index (χ3v) is 7.43. The minimum absolute atomic E-state index is 0.345. The van der Waals surface area contributed by atoms with Crippen LogP contribution in [0.15, 0.2) is 24.5 Å². The molecular formula is C23H26FN5. The van der Waals surface area contributed by atoms with Crippen LogP contribution in [0.25, 0.3) is 22.4 Å². The highest BCUT2D eigenvalue weighted by molar-refractivity contribution is 5.91. The second-order valence-electron chi connectivity index (χ2n) is 9.23. The first kappa shape index (κ1) is 17.4. The van der Waals surface area contributed by atoms with E-state index < -0.39 is 0 Å². The maximum atomic E-state index is 13.8. The van der Waals surface area contributed by atoms with E-state index in [-0.39, 0.29) is 5.82 Å². The van der Waals surface area contributed by atoms with Gasteiger partial charge in [-0.05, 0) is 62.3 Å². The van der Waals surface area contributed by atoms with Crippen molar-refractivity contribution in [2.45, 2.75) is 57.4 Å². The molecule has 0 spiro atoms. The topological polar surface area (TPSA) is 66.5 Å². The summed E-state index contributed by atoms with van der Waals surface area (Å²) in [6, 6.07) is 4.14. The third kappa shape index (κ3) is 3.00. The third-order valence-electron chi connectivity index (χ3n) is 7.43. The fraction of sp³-hybridized carbons (Fsp3) is 0.522. The van der Waals surface area contributed by atoms with Gasteiger partial charge in [0.25, 0.3) is 0 Å². The summed E-state index contributed by atoms with van der Waals surface area (Å²) in [6.45, 7) is 2.39. The summed E-state index contributed by atoms with van der Waals surface area (Å²) in [5, 5.41) is 4.53. The number of nitrogens with zero attached hydrogens (tertiary/aromatic N) is 3. The van der Waals surface area contributed by atoms with Gasteiger partial charge in [-0.15, -0.1) is 0 Å². The van der Waals surface area contributed by atoms with Crippen molar-refractivity contribution in [2.24, 2.45) is 17.8 Å². The molecule has 0 aliphatic heterocycles. The Labute approximate surface area is 169 Å². The monoisotopic (exact) mass is 391 g/mol. The zero-order chi connectivity index (χ0) is 19.5. The summed E-state index contributed by atoms with van der Waals surface area (Å²) in [6.07, 6.45) is 10.9. The lowest BCUT2D eigenvalue weighted by molar-refractivity contribution is 0.0928. The van der Waals surface area contributed by atoms with Crippen LogP contribution in [0.5, 0.6) is 0 Å². The Morgan fingerprint density at radius 2 is 1.83 bits per heavy atom. The van der Waals surface area contributed by atoms with Crippen LogP contribution >= 0.6 is 0 Å². The standard InChI is InChI=1S/C23H26FN5/c1-12-13-2-6-15(7-3-13)21(12)28-20-9-19(14-4-5-14)27-23(29-20)18-11-26-22-17(18)8-16(24)10-25-22/h8-15,21H,2-7H2,1H3,(H,25,26)(H,27,28,29). The molecule has 4 aliphatic carbocycles. The van der Waals surface area contributed by atoms with Crippen molar-refractivity contribution in [2.75, 3.05) is 5.32 Å². The van der Waals surface area contributed by atoms with E-state index >= 15 is 0 Å². The number of rotatable bonds is 4. The van der Waals surface area contributed by atoms with Crippen molar-refractivity contribution >= 4 is 16.9 Å². The van der Waals surface area contributed by atoms with E-state index in [1.54, 1.807) is 0 Å². The number of aromatic amines is 1. The summed E-state index contributed by atoms with van der Waals surface area (Å²) >= 11 is 0. The molecule has 3 aromatic rings. The highest BCUT2D eigenvalue weighted by atomic mass is 19.1. The van der Waals surface area contributed by atoms with Gasteiger partial charge in [0.2, 0.25) is 0 Å². The van der Waals surface area contributed by atoms with E-state index in [2.05, 4.69) is 28.3 Å². The molecule has 150 valence electrons. The minimum atomic E-state index is -0.345. The molecule has 0 aromatic carbocycles. The van der Waals surface area contributed by atoms with E-state index in [1.165, 1.54) is 50.8 Å². The predicted molar refractivity (Wildman–Crippen MR) is 111 cm³/mol. The second-order valence-corrected chi connectivity index (χ2v) is 9.23. The molecule has 0 radical (unpaired) electrons. The van der Waals surface area contributed by atoms with Crippen LogP contribution in [-0.2, 0) is 0 Å². The molecule has 4 saturated carbocycles. The Morgan fingerprint density at radius 3 is 2.59 bits per heavy atom. The zero-order valence-electron chi connectivity index (χ0n) is 16.7. The molecule has 2 unspecified atom stereocenters. The Balaban J connectivity index is 1.40. The molecule has 5 nitrogen and oxygen atoms in total. The van der Waals surface area contributed by atoms with Gasteiger partial charge in [0.1, 0.15) is 17.3 Å². The zero-order valence-corrected chi connectivity index (χ0v) is 16.7. The number of nitrogens with one attached hydrogen (secondary N) is 2. The molecule has 29 heavy (non-hydrogen) atoms. The lowest BCUT2D eigenvalue weighted by Crippen LogP contribution is -2.47. The van der Waals surface area contributed by atoms with Gasteiger partial charge in [-0.25, -0.2) is 19.3 Å². The molecule has 2 bridgehead atoms. The molecule has 4 fully saturated rings. The maximum Gasteiger partial charge on any atom is 0.163 e. The highest BCUT2D eigenvalue weighted by Gasteiger charge is 2.41. The fourth-order valence-corrected chi connectivity index (χ4v) is 5.58. The lowest BCUT2D eigenvalue weighted by Gasteiger charge is -2.47. The van der Waals surface area contributed by atoms with Crippen LogP contribution in [0.4, 0.5) is 10.2 Å². The molecule has 3 aromatic heterocycles. The van der Waals surface area contributed by atoms with Gasteiger partial charge < -0.3 is 10.3 Å². The summed E-state index contributed by atoms with van der Waals surface area (Å²) < 4.78 is 13.8. The Kier molecular flexibility index (Phi) is 3.90. The van der Waals surface area contributed by atoms with Crippen LogP contribution < -0.4 is 5.32 Å². The molecule has 2 N–H and O–H groups in total. The average Bonchev–Trinajstić information content (AvgIpc) is 3.51. The van der Waals surface area contributed by atoms with E-state index in [1.807, 2.05) is 6.20 Å². The van der Waals surface area contributed by atoms with Crippen LogP contribution in [0.3, 0.4) is 0 Å². The highest BCUT2D eigenvalue weighted by Crippen LogP contribution is 2.46. The molecule has 2 atom stereocenters. The van der Waals surface area contributed by atoms with Crippen molar-refractivity contribution in [1.82, 2.24) is 19.9 Å². The number of pyridine rings is 1. The number of fused-ring (bicyclic) bond motifs is 4. The van der Waals surface area contributed by atoms with Crippen molar-refractivity contribution < 1.29 is 4.39 Å². The quantitative estimate of drug-likeness (QED) is 0.636. The smallest absolute Gasteiger partial charge is 0.163 e. The van der Waals surface area contributed by atoms with E-state index in [0.29, 0.717) is 29.3 Å². The largest absolute Gasteiger partial charge is 0.367 e. The molecule has 6 heteroatoms. The average molecular weight is 391 g/mol. The first-order valence-corrected chi connectivity index (χ1v) is 10.9. The molecule has 0 amide bonds. The molecule has 4 aliphatic rings. The van der Waals surface area contributed by atoms with Crippen molar-refractivity contribution in [3.63, 3.8) is 0 Å².